The number of hydrogen-bond acceptors (Lipinski definition) is 3. The van der Waals surface area contributed by atoms with Gasteiger partial charge in [-0.15, -0.1) is 0 Å². The molecule has 112 valence electrons. The zero-order chi connectivity index (χ0) is 14.8. The molecule has 1 heterocycles. The lowest BCUT2D eigenvalue weighted by Crippen LogP contribution is -2.51. The Morgan fingerprint density at radius 1 is 1.25 bits per heavy atom. The van der Waals surface area contributed by atoms with Crippen LogP contribution in [-0.4, -0.2) is 36.3 Å². The summed E-state index contributed by atoms with van der Waals surface area (Å²) in [6.45, 7) is 6.78. The predicted molar refractivity (Wildman–Crippen MR) is 69.8 cm³/mol. The van der Waals surface area contributed by atoms with E-state index in [-0.39, 0.29) is 0 Å². The molecule has 6 heteroatoms. The number of rotatable bonds is 3. The van der Waals surface area contributed by atoms with Gasteiger partial charge in [-0.2, -0.15) is 13.2 Å². The van der Waals surface area contributed by atoms with E-state index in [0.29, 0.717) is 18.7 Å². The van der Waals surface area contributed by atoms with Crippen LogP contribution in [0.25, 0.3) is 0 Å². The second-order valence-corrected chi connectivity index (χ2v) is 4.65. The van der Waals surface area contributed by atoms with Crippen molar-refractivity contribution in [3.8, 4) is 0 Å². The Morgan fingerprint density at radius 2 is 2.00 bits per heavy atom. The molecule has 3 nitrogen and oxygen atoms in total. The number of likely N-dealkylation sites (N-methyl/N-ethyl adjacent to an activating group) is 1. The summed E-state index contributed by atoms with van der Waals surface area (Å²) in [5, 5.41) is 4.08. The summed E-state index contributed by atoms with van der Waals surface area (Å²) in [4.78, 5) is 0. The summed E-state index contributed by atoms with van der Waals surface area (Å²) >= 11 is 0. The lowest BCUT2D eigenvalue weighted by molar-refractivity contribution is -0.214. The molecule has 0 amide bonds. The van der Waals surface area contributed by atoms with Crippen LogP contribution < -0.4 is 0 Å². The van der Waals surface area contributed by atoms with E-state index >= 15 is 0 Å². The van der Waals surface area contributed by atoms with Gasteiger partial charge in [0, 0.05) is 19.6 Å². The summed E-state index contributed by atoms with van der Waals surface area (Å²) in [6, 6.07) is 5.37. The highest BCUT2D eigenvalue weighted by Gasteiger charge is 2.33. The molecule has 20 heavy (non-hydrogen) atoms. The van der Waals surface area contributed by atoms with Crippen molar-refractivity contribution >= 4 is 0 Å². The Hall–Kier alpha value is -1.11. The van der Waals surface area contributed by atoms with Crippen LogP contribution in [0.4, 0.5) is 13.2 Å². The Morgan fingerprint density at radius 3 is 2.60 bits per heavy atom. The fourth-order valence-electron chi connectivity index (χ4n) is 2.47. The molecule has 2 rings (SSSR count). The first-order valence-electron chi connectivity index (χ1n) is 6.77. The fraction of sp³-hybridized carbons (Fsp3) is 0.571. The van der Waals surface area contributed by atoms with E-state index in [1.165, 1.54) is 12.1 Å². The SMILES string of the molecule is CCN1CCOC(c2cccc(C(F)(F)F)c2)N1CC. The normalized spacial score (nSPS) is 22.1. The number of hydrogen-bond donors (Lipinski definition) is 0. The van der Waals surface area contributed by atoms with Crippen molar-refractivity contribution in [1.29, 1.82) is 0 Å². The van der Waals surface area contributed by atoms with Gasteiger partial charge in [0.2, 0.25) is 0 Å². The molecular formula is C14H19F3N2O. The van der Waals surface area contributed by atoms with Crippen molar-refractivity contribution in [1.82, 2.24) is 10.0 Å². The molecule has 0 spiro atoms. The molecule has 1 unspecified atom stereocenters. The summed E-state index contributed by atoms with van der Waals surface area (Å²) in [5.74, 6) is 0. The van der Waals surface area contributed by atoms with Crippen molar-refractivity contribution in [2.24, 2.45) is 0 Å². The first-order chi connectivity index (χ1) is 9.47. The van der Waals surface area contributed by atoms with Crippen molar-refractivity contribution in [2.45, 2.75) is 26.3 Å². The van der Waals surface area contributed by atoms with Gasteiger partial charge in [0.25, 0.3) is 0 Å². The monoisotopic (exact) mass is 288 g/mol. The van der Waals surface area contributed by atoms with E-state index in [1.54, 1.807) is 6.07 Å². The minimum absolute atomic E-state index is 0.448. The van der Waals surface area contributed by atoms with E-state index < -0.39 is 18.0 Å². The fourth-order valence-corrected chi connectivity index (χ4v) is 2.47. The van der Waals surface area contributed by atoms with E-state index in [0.717, 1.165) is 19.2 Å². The van der Waals surface area contributed by atoms with Crippen LogP contribution in [0, 0.1) is 0 Å². The highest BCUT2D eigenvalue weighted by Crippen LogP contribution is 2.33. The number of halogens is 3. The zero-order valence-corrected chi connectivity index (χ0v) is 11.7. The van der Waals surface area contributed by atoms with E-state index in [1.807, 2.05) is 18.9 Å². The van der Waals surface area contributed by atoms with Crippen LogP contribution in [0.2, 0.25) is 0 Å². The van der Waals surface area contributed by atoms with E-state index in [9.17, 15) is 13.2 Å². The molecule has 0 N–H and O–H groups in total. The molecule has 0 saturated carbocycles. The average Bonchev–Trinajstić information content (AvgIpc) is 2.45. The van der Waals surface area contributed by atoms with Gasteiger partial charge in [-0.1, -0.05) is 26.0 Å². The summed E-state index contributed by atoms with van der Waals surface area (Å²) in [5.41, 5.74) is -0.0944. The Kier molecular flexibility index (Phi) is 4.67. The standard InChI is InChI=1S/C14H19F3N2O/c1-3-18-8-9-20-13(19(18)4-2)11-6-5-7-12(10-11)14(15,16)17/h5-7,10,13H,3-4,8-9H2,1-2H3. The second-order valence-electron chi connectivity index (χ2n) is 4.65. The van der Waals surface area contributed by atoms with Gasteiger partial charge in [0.05, 0.1) is 12.2 Å². The lowest BCUT2D eigenvalue weighted by atomic mass is 10.1. The van der Waals surface area contributed by atoms with Crippen LogP contribution in [0.15, 0.2) is 24.3 Å². The number of nitrogens with zero attached hydrogens (tertiary/aromatic N) is 2. The molecule has 1 aromatic rings. The third kappa shape index (κ3) is 3.13. The topological polar surface area (TPSA) is 15.7 Å². The molecular weight excluding hydrogens is 269 g/mol. The first-order valence-corrected chi connectivity index (χ1v) is 6.77. The molecule has 1 fully saturated rings. The number of ether oxygens (including phenoxy) is 1. The van der Waals surface area contributed by atoms with Crippen LogP contribution >= 0.6 is 0 Å². The molecule has 0 bridgehead atoms. The van der Waals surface area contributed by atoms with Gasteiger partial charge in [0.15, 0.2) is 0 Å². The molecule has 0 aliphatic carbocycles. The number of hydrazine groups is 1. The quantitative estimate of drug-likeness (QED) is 0.849. The molecule has 1 atom stereocenters. The molecule has 1 aliphatic heterocycles. The number of alkyl halides is 3. The third-order valence-corrected chi connectivity index (χ3v) is 3.45. The summed E-state index contributed by atoms with van der Waals surface area (Å²) < 4.78 is 44.1. The summed E-state index contributed by atoms with van der Waals surface area (Å²) in [7, 11) is 0. The highest BCUT2D eigenvalue weighted by molar-refractivity contribution is 5.27. The van der Waals surface area contributed by atoms with Crippen molar-refractivity contribution in [3.63, 3.8) is 0 Å². The first kappa shape index (κ1) is 15.3. The predicted octanol–water partition coefficient (Wildman–Crippen LogP) is 3.29. The smallest absolute Gasteiger partial charge is 0.356 e. The largest absolute Gasteiger partial charge is 0.416 e. The van der Waals surface area contributed by atoms with Crippen molar-refractivity contribution in [3.05, 3.63) is 35.4 Å². The van der Waals surface area contributed by atoms with E-state index in [4.69, 9.17) is 4.74 Å². The molecule has 1 aliphatic rings. The highest BCUT2D eigenvalue weighted by atomic mass is 19.4. The lowest BCUT2D eigenvalue weighted by Gasteiger charge is -2.43. The molecule has 1 aromatic carbocycles. The molecule has 1 saturated heterocycles. The average molecular weight is 288 g/mol. The van der Waals surface area contributed by atoms with Gasteiger partial charge >= 0.3 is 6.18 Å². The minimum Gasteiger partial charge on any atom is -0.356 e. The van der Waals surface area contributed by atoms with Gasteiger partial charge in [-0.3, -0.25) is 0 Å². The Balaban J connectivity index is 2.29. The number of benzene rings is 1. The van der Waals surface area contributed by atoms with E-state index in [2.05, 4.69) is 5.01 Å². The maximum atomic E-state index is 12.8. The van der Waals surface area contributed by atoms with Gasteiger partial charge in [-0.25, -0.2) is 10.0 Å². The van der Waals surface area contributed by atoms with Crippen LogP contribution in [0.1, 0.15) is 31.2 Å². The maximum absolute atomic E-state index is 12.8. The zero-order valence-electron chi connectivity index (χ0n) is 11.7. The minimum atomic E-state index is -4.33. The van der Waals surface area contributed by atoms with Crippen molar-refractivity contribution in [2.75, 3.05) is 26.2 Å². The maximum Gasteiger partial charge on any atom is 0.416 e. The van der Waals surface area contributed by atoms with Crippen LogP contribution in [-0.2, 0) is 10.9 Å². The van der Waals surface area contributed by atoms with Crippen LogP contribution in [0.5, 0.6) is 0 Å². The molecule has 0 radical (unpaired) electrons. The van der Waals surface area contributed by atoms with Gasteiger partial charge in [0.1, 0.15) is 6.23 Å². The van der Waals surface area contributed by atoms with Crippen LogP contribution in [0.3, 0.4) is 0 Å². The third-order valence-electron chi connectivity index (χ3n) is 3.45. The van der Waals surface area contributed by atoms with Crippen molar-refractivity contribution < 1.29 is 17.9 Å². The Bertz CT molecular complexity index is 450. The Labute approximate surface area is 116 Å². The molecule has 0 aromatic heterocycles. The summed E-state index contributed by atoms with van der Waals surface area (Å²) in [6.07, 6.45) is -4.78. The van der Waals surface area contributed by atoms with Gasteiger partial charge in [-0.05, 0) is 17.7 Å². The second kappa shape index (κ2) is 6.11. The van der Waals surface area contributed by atoms with Gasteiger partial charge < -0.3 is 4.74 Å².